The molecule has 0 fully saturated rings. The average Bonchev–Trinajstić information content (AvgIpc) is 1.98. The summed E-state index contributed by atoms with van der Waals surface area (Å²) in [4.78, 5) is 21.0. The molecule has 0 aromatic heterocycles. The lowest BCUT2D eigenvalue weighted by Gasteiger charge is -2.01. The summed E-state index contributed by atoms with van der Waals surface area (Å²) in [5.74, 6) is -1.51. The van der Waals surface area contributed by atoms with Gasteiger partial charge in [-0.05, 0) is 0 Å². The Hall–Kier alpha value is -1.58. The second-order valence-electron chi connectivity index (χ2n) is 2.17. The van der Waals surface area contributed by atoms with Crippen LogP contribution >= 0.6 is 0 Å². The van der Waals surface area contributed by atoms with Crippen molar-refractivity contribution in [3.05, 3.63) is 24.8 Å². The van der Waals surface area contributed by atoms with Gasteiger partial charge in [0.25, 0.3) is 0 Å². The molecule has 1 amide bonds. The van der Waals surface area contributed by atoms with E-state index in [9.17, 15) is 9.59 Å². The number of hydrogen-bond acceptors (Lipinski definition) is 2. The highest BCUT2D eigenvalue weighted by molar-refractivity contribution is 5.96. The van der Waals surface area contributed by atoms with Crippen molar-refractivity contribution < 1.29 is 14.7 Å². The highest BCUT2D eigenvalue weighted by Crippen LogP contribution is 1.96. The molecule has 0 aliphatic heterocycles. The van der Waals surface area contributed by atoms with Gasteiger partial charge in [-0.1, -0.05) is 12.7 Å². The summed E-state index contributed by atoms with van der Waals surface area (Å²) in [5.41, 5.74) is 0.0457. The van der Waals surface area contributed by atoms with Crippen LogP contribution in [0, 0.1) is 0 Å². The van der Waals surface area contributed by atoms with Gasteiger partial charge in [0.1, 0.15) is 0 Å². The number of rotatable bonds is 5. The first-order valence-electron chi connectivity index (χ1n) is 3.36. The molecule has 0 spiro atoms. The molecule has 12 heavy (non-hydrogen) atoms. The van der Waals surface area contributed by atoms with Gasteiger partial charge in [0.2, 0.25) is 5.91 Å². The third-order valence-electron chi connectivity index (χ3n) is 1.09. The number of amides is 1. The minimum atomic E-state index is -1.06. The Kier molecular flexibility index (Phi) is 4.45. The number of hydrogen-bond donors (Lipinski definition) is 2. The van der Waals surface area contributed by atoms with Gasteiger partial charge in [-0.15, -0.1) is 6.58 Å². The Morgan fingerprint density at radius 2 is 2.08 bits per heavy atom. The highest BCUT2D eigenvalue weighted by atomic mass is 16.4. The Morgan fingerprint density at radius 1 is 1.50 bits per heavy atom. The lowest BCUT2D eigenvalue weighted by Crippen LogP contribution is -2.25. The molecule has 0 radical (unpaired) electrons. The lowest BCUT2D eigenvalue weighted by atomic mass is 10.2. The van der Waals surface area contributed by atoms with Crippen molar-refractivity contribution in [1.82, 2.24) is 5.32 Å². The number of carbonyl (C=O) groups is 2. The van der Waals surface area contributed by atoms with E-state index in [0.29, 0.717) is 6.54 Å². The normalized spacial score (nSPS) is 8.67. The van der Waals surface area contributed by atoms with E-state index in [-0.39, 0.29) is 12.0 Å². The van der Waals surface area contributed by atoms with Gasteiger partial charge in [0.15, 0.2) is 0 Å². The first-order chi connectivity index (χ1) is 5.57. The van der Waals surface area contributed by atoms with Crippen molar-refractivity contribution in [2.75, 3.05) is 6.54 Å². The summed E-state index contributed by atoms with van der Waals surface area (Å²) >= 11 is 0. The predicted octanol–water partition coefficient (Wildman–Crippen LogP) is 0.319. The smallest absolute Gasteiger partial charge is 0.308 e. The Morgan fingerprint density at radius 3 is 2.50 bits per heavy atom. The lowest BCUT2D eigenvalue weighted by molar-refractivity contribution is -0.137. The molecule has 4 heteroatoms. The Bertz CT molecular complexity index is 220. The quantitative estimate of drug-likeness (QED) is 0.460. The molecule has 0 heterocycles. The molecule has 0 atom stereocenters. The number of carbonyl (C=O) groups excluding carboxylic acids is 1. The van der Waals surface area contributed by atoms with E-state index in [0.717, 1.165) is 0 Å². The second kappa shape index (κ2) is 5.12. The number of carboxylic acids is 1. The van der Waals surface area contributed by atoms with Gasteiger partial charge >= 0.3 is 5.97 Å². The van der Waals surface area contributed by atoms with Crippen LogP contribution in [0.15, 0.2) is 24.8 Å². The van der Waals surface area contributed by atoms with Crippen LogP contribution in [0.25, 0.3) is 0 Å². The van der Waals surface area contributed by atoms with Crippen LogP contribution in [0.1, 0.15) is 6.42 Å². The molecule has 0 saturated heterocycles. The number of carboxylic acid groups (broad SMARTS) is 1. The molecule has 0 rings (SSSR count). The van der Waals surface area contributed by atoms with E-state index in [1.54, 1.807) is 0 Å². The maximum absolute atomic E-state index is 10.9. The van der Waals surface area contributed by atoms with E-state index in [1.165, 1.54) is 6.08 Å². The van der Waals surface area contributed by atoms with Crippen LogP contribution in [-0.4, -0.2) is 23.5 Å². The van der Waals surface area contributed by atoms with Crippen molar-refractivity contribution in [2.24, 2.45) is 0 Å². The Balaban J connectivity index is 3.85. The number of aliphatic carboxylic acids is 1. The molecule has 0 aliphatic rings. The fourth-order valence-electron chi connectivity index (χ4n) is 0.553. The second-order valence-corrected chi connectivity index (χ2v) is 2.17. The zero-order chi connectivity index (χ0) is 9.56. The zero-order valence-electron chi connectivity index (χ0n) is 6.67. The predicted molar refractivity (Wildman–Crippen MR) is 44.6 cm³/mol. The van der Waals surface area contributed by atoms with Crippen LogP contribution in [0.3, 0.4) is 0 Å². The monoisotopic (exact) mass is 169 g/mol. The van der Waals surface area contributed by atoms with Crippen LogP contribution in [0.2, 0.25) is 0 Å². The molecular formula is C8H11NO3. The molecule has 0 saturated carbocycles. The van der Waals surface area contributed by atoms with Crippen molar-refractivity contribution in [2.45, 2.75) is 6.42 Å². The van der Waals surface area contributed by atoms with E-state index in [4.69, 9.17) is 5.11 Å². The first kappa shape index (κ1) is 10.4. The molecule has 0 aliphatic carbocycles. The van der Waals surface area contributed by atoms with Crippen LogP contribution in [-0.2, 0) is 9.59 Å². The van der Waals surface area contributed by atoms with Crippen molar-refractivity contribution in [3.8, 4) is 0 Å². The topological polar surface area (TPSA) is 66.4 Å². The third-order valence-corrected chi connectivity index (χ3v) is 1.09. The number of nitrogens with one attached hydrogen (secondary N) is 1. The van der Waals surface area contributed by atoms with Gasteiger partial charge in [0, 0.05) is 12.1 Å². The van der Waals surface area contributed by atoms with Crippen LogP contribution in [0.4, 0.5) is 0 Å². The standard InChI is InChI=1S/C8H11NO3/c1-3-4-9-8(12)6(2)5-7(10)11/h3H,1-2,4-5H2,(H,9,12)(H,10,11). The molecule has 0 unspecified atom stereocenters. The summed E-state index contributed by atoms with van der Waals surface area (Å²) in [6.07, 6.45) is 1.18. The summed E-state index contributed by atoms with van der Waals surface area (Å²) in [5, 5.41) is 10.7. The minimum Gasteiger partial charge on any atom is -0.481 e. The van der Waals surface area contributed by atoms with Crippen LogP contribution < -0.4 is 5.32 Å². The fraction of sp³-hybridized carbons (Fsp3) is 0.250. The van der Waals surface area contributed by atoms with E-state index < -0.39 is 11.9 Å². The van der Waals surface area contributed by atoms with Gasteiger partial charge < -0.3 is 10.4 Å². The maximum atomic E-state index is 10.9. The molecule has 2 N–H and O–H groups in total. The van der Waals surface area contributed by atoms with E-state index in [1.807, 2.05) is 0 Å². The van der Waals surface area contributed by atoms with Crippen molar-refractivity contribution in [3.63, 3.8) is 0 Å². The summed E-state index contributed by atoms with van der Waals surface area (Å²) in [6.45, 7) is 7.03. The first-order valence-corrected chi connectivity index (χ1v) is 3.36. The molecule has 0 aromatic carbocycles. The Labute approximate surface area is 70.6 Å². The van der Waals surface area contributed by atoms with Gasteiger partial charge in [-0.2, -0.15) is 0 Å². The van der Waals surface area contributed by atoms with Crippen LogP contribution in [0.5, 0.6) is 0 Å². The summed E-state index contributed by atoms with van der Waals surface area (Å²) in [6, 6.07) is 0. The summed E-state index contributed by atoms with van der Waals surface area (Å²) < 4.78 is 0. The van der Waals surface area contributed by atoms with Crippen molar-refractivity contribution >= 4 is 11.9 Å². The van der Waals surface area contributed by atoms with Gasteiger partial charge in [-0.25, -0.2) is 0 Å². The van der Waals surface area contributed by atoms with E-state index in [2.05, 4.69) is 18.5 Å². The molecular weight excluding hydrogens is 158 g/mol. The fourth-order valence-corrected chi connectivity index (χ4v) is 0.553. The SMILES string of the molecule is C=CCNC(=O)C(=C)CC(=O)O. The molecule has 0 aromatic rings. The molecule has 4 nitrogen and oxygen atoms in total. The maximum Gasteiger partial charge on any atom is 0.308 e. The van der Waals surface area contributed by atoms with Gasteiger partial charge in [-0.3, -0.25) is 9.59 Å². The third kappa shape index (κ3) is 4.27. The van der Waals surface area contributed by atoms with Gasteiger partial charge in [0.05, 0.1) is 6.42 Å². The van der Waals surface area contributed by atoms with Crippen molar-refractivity contribution in [1.29, 1.82) is 0 Å². The molecule has 66 valence electrons. The zero-order valence-corrected chi connectivity index (χ0v) is 6.67. The minimum absolute atomic E-state index is 0.0457. The largest absolute Gasteiger partial charge is 0.481 e. The van der Waals surface area contributed by atoms with E-state index >= 15 is 0 Å². The molecule has 0 bridgehead atoms. The highest BCUT2D eigenvalue weighted by Gasteiger charge is 2.08. The summed E-state index contributed by atoms with van der Waals surface area (Å²) in [7, 11) is 0. The average molecular weight is 169 g/mol.